The van der Waals surface area contributed by atoms with Gasteiger partial charge in [-0.05, 0) is 23.6 Å². The summed E-state index contributed by atoms with van der Waals surface area (Å²) < 4.78 is 27.6. The second-order valence-electron chi connectivity index (χ2n) is 4.86. The van der Waals surface area contributed by atoms with Crippen LogP contribution in [-0.4, -0.2) is 13.4 Å². The SMILES string of the molecule is CC(C)c1ccccc1NS(=O)(=O)c1cnccc1NN. The van der Waals surface area contributed by atoms with Crippen LogP contribution < -0.4 is 16.0 Å². The van der Waals surface area contributed by atoms with Crippen molar-refractivity contribution in [2.24, 2.45) is 5.84 Å². The summed E-state index contributed by atoms with van der Waals surface area (Å²) in [5.41, 5.74) is 4.14. The third-order valence-electron chi connectivity index (χ3n) is 3.06. The Bertz CT molecular complexity index is 729. The van der Waals surface area contributed by atoms with Crippen LogP contribution in [0.25, 0.3) is 0 Å². The Kier molecular flexibility index (Phi) is 4.44. The first-order valence-corrected chi connectivity index (χ1v) is 7.96. The zero-order valence-corrected chi connectivity index (χ0v) is 12.7. The van der Waals surface area contributed by atoms with Crippen molar-refractivity contribution >= 4 is 21.4 Å². The molecular formula is C14H18N4O2S. The number of anilines is 2. The Labute approximate surface area is 124 Å². The van der Waals surface area contributed by atoms with Crippen molar-refractivity contribution in [1.82, 2.24) is 4.98 Å². The molecule has 2 rings (SSSR count). The first-order valence-electron chi connectivity index (χ1n) is 6.48. The van der Waals surface area contributed by atoms with Gasteiger partial charge >= 0.3 is 0 Å². The van der Waals surface area contributed by atoms with Crippen molar-refractivity contribution < 1.29 is 8.42 Å². The van der Waals surface area contributed by atoms with Crippen LogP contribution in [0.1, 0.15) is 25.3 Å². The molecule has 0 aliphatic rings. The minimum atomic E-state index is -3.77. The van der Waals surface area contributed by atoms with Gasteiger partial charge in [-0.3, -0.25) is 15.5 Å². The van der Waals surface area contributed by atoms with Crippen LogP contribution in [0.5, 0.6) is 0 Å². The van der Waals surface area contributed by atoms with Crippen LogP contribution in [0, 0.1) is 0 Å². The maximum absolute atomic E-state index is 12.5. The minimum absolute atomic E-state index is 0.00561. The van der Waals surface area contributed by atoms with Gasteiger partial charge in [-0.2, -0.15) is 0 Å². The number of benzene rings is 1. The number of nitrogens with two attached hydrogens (primary N) is 1. The predicted octanol–water partition coefficient (Wildman–Crippen LogP) is 2.29. The van der Waals surface area contributed by atoms with Crippen molar-refractivity contribution in [3.05, 3.63) is 48.3 Å². The maximum atomic E-state index is 12.5. The van der Waals surface area contributed by atoms with E-state index in [0.29, 0.717) is 11.4 Å². The summed E-state index contributed by atoms with van der Waals surface area (Å²) in [5.74, 6) is 5.55. The molecule has 0 fully saturated rings. The van der Waals surface area contributed by atoms with Gasteiger partial charge in [0.25, 0.3) is 10.0 Å². The number of hydrazine groups is 1. The molecule has 0 radical (unpaired) electrons. The lowest BCUT2D eigenvalue weighted by molar-refractivity contribution is 0.601. The van der Waals surface area contributed by atoms with E-state index in [9.17, 15) is 8.42 Å². The normalized spacial score (nSPS) is 11.4. The molecule has 0 aliphatic heterocycles. The van der Waals surface area contributed by atoms with E-state index in [1.165, 1.54) is 18.5 Å². The molecular weight excluding hydrogens is 288 g/mol. The molecule has 0 bridgehead atoms. The van der Waals surface area contributed by atoms with Gasteiger partial charge in [-0.1, -0.05) is 32.0 Å². The van der Waals surface area contributed by atoms with E-state index >= 15 is 0 Å². The van der Waals surface area contributed by atoms with E-state index < -0.39 is 10.0 Å². The highest BCUT2D eigenvalue weighted by Gasteiger charge is 2.20. The number of nitrogens with one attached hydrogen (secondary N) is 2. The second kappa shape index (κ2) is 6.11. The Balaban J connectivity index is 2.43. The molecule has 4 N–H and O–H groups in total. The summed E-state index contributed by atoms with van der Waals surface area (Å²) in [7, 11) is -3.77. The number of hydrogen-bond acceptors (Lipinski definition) is 5. The molecule has 0 atom stereocenters. The van der Waals surface area contributed by atoms with Crippen LogP contribution in [0.15, 0.2) is 47.6 Å². The van der Waals surface area contributed by atoms with Gasteiger partial charge < -0.3 is 5.43 Å². The summed E-state index contributed by atoms with van der Waals surface area (Å²) in [6, 6.07) is 8.80. The number of aromatic nitrogens is 1. The third-order valence-corrected chi connectivity index (χ3v) is 4.45. The second-order valence-corrected chi connectivity index (χ2v) is 6.51. The molecule has 6 nitrogen and oxygen atoms in total. The Hall–Kier alpha value is -2.12. The van der Waals surface area contributed by atoms with Crippen molar-refractivity contribution in [2.45, 2.75) is 24.7 Å². The lowest BCUT2D eigenvalue weighted by Crippen LogP contribution is -2.18. The summed E-state index contributed by atoms with van der Waals surface area (Å²) in [6.07, 6.45) is 2.73. The average molecular weight is 306 g/mol. The lowest BCUT2D eigenvalue weighted by Gasteiger charge is -2.16. The van der Waals surface area contributed by atoms with Crippen LogP contribution in [-0.2, 0) is 10.0 Å². The Morgan fingerprint density at radius 3 is 2.52 bits per heavy atom. The van der Waals surface area contributed by atoms with Gasteiger partial charge in [-0.25, -0.2) is 8.42 Å². The predicted molar refractivity (Wildman–Crippen MR) is 83.4 cm³/mol. The standard InChI is InChI=1S/C14H18N4O2S/c1-10(2)11-5-3-4-6-12(11)18-21(19,20)14-9-16-8-7-13(14)17-15/h3-10,18H,15H2,1-2H3,(H,16,17). The number of hydrogen-bond donors (Lipinski definition) is 3. The number of pyridine rings is 1. The highest BCUT2D eigenvalue weighted by atomic mass is 32.2. The highest BCUT2D eigenvalue weighted by molar-refractivity contribution is 7.92. The van der Waals surface area contributed by atoms with Gasteiger partial charge in [0.15, 0.2) is 0 Å². The van der Waals surface area contributed by atoms with Crippen molar-refractivity contribution in [1.29, 1.82) is 0 Å². The molecule has 112 valence electrons. The van der Waals surface area contributed by atoms with Crippen molar-refractivity contribution in [3.8, 4) is 0 Å². The van der Waals surface area contributed by atoms with E-state index in [0.717, 1.165) is 5.56 Å². The highest BCUT2D eigenvalue weighted by Crippen LogP contribution is 2.27. The topological polar surface area (TPSA) is 97.1 Å². The average Bonchev–Trinajstić information content (AvgIpc) is 2.47. The molecule has 1 heterocycles. The molecule has 7 heteroatoms. The van der Waals surface area contributed by atoms with Gasteiger partial charge in [-0.15, -0.1) is 0 Å². The molecule has 1 aromatic heterocycles. The molecule has 21 heavy (non-hydrogen) atoms. The summed E-state index contributed by atoms with van der Waals surface area (Å²) in [4.78, 5) is 3.85. The fourth-order valence-corrected chi connectivity index (χ4v) is 3.21. The fourth-order valence-electron chi connectivity index (χ4n) is 2.01. The molecule has 0 unspecified atom stereocenters. The van der Waals surface area contributed by atoms with Gasteiger partial charge in [0.2, 0.25) is 0 Å². The van der Waals surface area contributed by atoms with Gasteiger partial charge in [0.1, 0.15) is 4.90 Å². The van der Waals surface area contributed by atoms with Crippen molar-refractivity contribution in [2.75, 3.05) is 10.1 Å². The molecule has 0 saturated carbocycles. The molecule has 0 amide bonds. The van der Waals surface area contributed by atoms with Gasteiger partial charge in [0.05, 0.1) is 11.4 Å². The maximum Gasteiger partial charge on any atom is 0.265 e. The summed E-state index contributed by atoms with van der Waals surface area (Å²) in [6.45, 7) is 4.01. The zero-order valence-electron chi connectivity index (χ0n) is 11.9. The quantitative estimate of drug-likeness (QED) is 0.581. The van der Waals surface area contributed by atoms with Crippen LogP contribution in [0.4, 0.5) is 11.4 Å². The molecule has 2 aromatic rings. The van der Waals surface area contributed by atoms with E-state index in [-0.39, 0.29) is 10.8 Å². The first kappa shape index (κ1) is 15.3. The molecule has 0 aliphatic carbocycles. The molecule has 0 spiro atoms. The Morgan fingerprint density at radius 1 is 1.14 bits per heavy atom. The summed E-state index contributed by atoms with van der Waals surface area (Å²) >= 11 is 0. The van der Waals surface area contributed by atoms with Crippen LogP contribution in [0.3, 0.4) is 0 Å². The van der Waals surface area contributed by atoms with E-state index in [2.05, 4.69) is 15.1 Å². The molecule has 0 saturated heterocycles. The van der Waals surface area contributed by atoms with Crippen LogP contribution >= 0.6 is 0 Å². The number of para-hydroxylation sites is 1. The number of nitrogens with zero attached hydrogens (tertiary/aromatic N) is 1. The number of sulfonamides is 1. The van der Waals surface area contributed by atoms with E-state index in [4.69, 9.17) is 5.84 Å². The third kappa shape index (κ3) is 3.32. The van der Waals surface area contributed by atoms with Crippen molar-refractivity contribution in [3.63, 3.8) is 0 Å². The zero-order chi connectivity index (χ0) is 15.5. The van der Waals surface area contributed by atoms with Gasteiger partial charge in [0, 0.05) is 12.4 Å². The molecule has 1 aromatic carbocycles. The first-order chi connectivity index (χ1) is 9.95. The largest absolute Gasteiger partial charge is 0.323 e. The summed E-state index contributed by atoms with van der Waals surface area (Å²) in [5, 5.41) is 0. The van der Waals surface area contributed by atoms with Crippen LogP contribution in [0.2, 0.25) is 0 Å². The lowest BCUT2D eigenvalue weighted by atomic mass is 10.0. The smallest absolute Gasteiger partial charge is 0.265 e. The fraction of sp³-hybridized carbons (Fsp3) is 0.214. The minimum Gasteiger partial charge on any atom is -0.323 e. The van der Waals surface area contributed by atoms with E-state index in [1.807, 2.05) is 26.0 Å². The van der Waals surface area contributed by atoms with E-state index in [1.54, 1.807) is 12.1 Å². The monoisotopic (exact) mass is 306 g/mol. The Morgan fingerprint density at radius 2 is 1.86 bits per heavy atom. The number of nitrogen functional groups attached to an aromatic ring is 1. The number of rotatable bonds is 5.